The molecule has 2 aromatic rings. The van der Waals surface area contributed by atoms with Crippen LogP contribution in [0.4, 0.5) is 0 Å². The summed E-state index contributed by atoms with van der Waals surface area (Å²) < 4.78 is 0. The molecule has 0 aliphatic carbocycles. The zero-order valence-electron chi connectivity index (χ0n) is 12.2. The van der Waals surface area contributed by atoms with Crippen molar-refractivity contribution in [1.82, 2.24) is 5.32 Å². The number of nitrogens with one attached hydrogen (secondary N) is 1. The molecule has 20 heavy (non-hydrogen) atoms. The molecule has 0 radical (unpaired) electrons. The maximum Gasteiger partial charge on any atom is 0.115 e. The van der Waals surface area contributed by atoms with E-state index in [1.54, 1.807) is 12.1 Å². The summed E-state index contributed by atoms with van der Waals surface area (Å²) in [5.41, 5.74) is 2.53. The van der Waals surface area contributed by atoms with E-state index in [1.807, 2.05) is 12.1 Å². The lowest BCUT2D eigenvalue weighted by molar-refractivity contribution is 0.438. The van der Waals surface area contributed by atoms with E-state index in [-0.39, 0.29) is 6.04 Å². The Hall–Kier alpha value is -1.80. The third-order valence-corrected chi connectivity index (χ3v) is 3.62. The van der Waals surface area contributed by atoms with Crippen LogP contribution in [0, 0.1) is 0 Å². The lowest BCUT2D eigenvalue weighted by atomic mass is 9.99. The van der Waals surface area contributed by atoms with Gasteiger partial charge in [-0.15, -0.1) is 0 Å². The highest BCUT2D eigenvalue weighted by atomic mass is 16.3. The Morgan fingerprint density at radius 3 is 2.20 bits per heavy atom. The quantitative estimate of drug-likeness (QED) is 0.804. The SMILES string of the molecule is CCCC(NC(C)c1ccc(O)cc1)c1ccccc1. The summed E-state index contributed by atoms with van der Waals surface area (Å²) in [6.45, 7) is 4.38. The summed E-state index contributed by atoms with van der Waals surface area (Å²) in [6, 6.07) is 18.6. The van der Waals surface area contributed by atoms with Gasteiger partial charge in [0.05, 0.1) is 0 Å². The lowest BCUT2D eigenvalue weighted by Crippen LogP contribution is -2.24. The van der Waals surface area contributed by atoms with Crippen LogP contribution >= 0.6 is 0 Å². The third-order valence-electron chi connectivity index (χ3n) is 3.62. The molecule has 2 heteroatoms. The fourth-order valence-electron chi connectivity index (χ4n) is 2.48. The van der Waals surface area contributed by atoms with Crippen LogP contribution in [-0.4, -0.2) is 5.11 Å². The standard InChI is InChI=1S/C18H23NO/c1-3-7-18(16-8-5-4-6-9-16)19-14(2)15-10-12-17(20)13-11-15/h4-6,8-14,18-20H,3,7H2,1-2H3. The van der Waals surface area contributed by atoms with E-state index in [0.29, 0.717) is 11.8 Å². The molecule has 0 aromatic heterocycles. The minimum atomic E-state index is 0.257. The molecular formula is C18H23NO. The lowest BCUT2D eigenvalue weighted by Gasteiger charge is -2.24. The van der Waals surface area contributed by atoms with Gasteiger partial charge in [-0.25, -0.2) is 0 Å². The Labute approximate surface area is 121 Å². The van der Waals surface area contributed by atoms with Crippen molar-refractivity contribution in [1.29, 1.82) is 0 Å². The Morgan fingerprint density at radius 2 is 1.60 bits per heavy atom. The van der Waals surface area contributed by atoms with Gasteiger partial charge in [0.1, 0.15) is 5.75 Å². The van der Waals surface area contributed by atoms with Gasteiger partial charge in [0, 0.05) is 12.1 Å². The molecule has 2 unspecified atom stereocenters. The minimum Gasteiger partial charge on any atom is -0.508 e. The van der Waals surface area contributed by atoms with E-state index in [1.165, 1.54) is 11.1 Å². The second-order valence-corrected chi connectivity index (χ2v) is 5.23. The molecule has 2 nitrogen and oxygen atoms in total. The second kappa shape index (κ2) is 7.11. The van der Waals surface area contributed by atoms with E-state index in [4.69, 9.17) is 0 Å². The fourth-order valence-corrected chi connectivity index (χ4v) is 2.48. The monoisotopic (exact) mass is 269 g/mol. The molecule has 2 rings (SSSR count). The Morgan fingerprint density at radius 1 is 0.950 bits per heavy atom. The maximum absolute atomic E-state index is 9.36. The van der Waals surface area contributed by atoms with Crippen LogP contribution in [0.5, 0.6) is 5.75 Å². The van der Waals surface area contributed by atoms with Crippen molar-refractivity contribution in [3.05, 3.63) is 65.7 Å². The van der Waals surface area contributed by atoms with E-state index in [9.17, 15) is 5.11 Å². The van der Waals surface area contributed by atoms with Gasteiger partial charge in [-0.1, -0.05) is 55.8 Å². The number of aromatic hydroxyl groups is 1. The Balaban J connectivity index is 2.10. The highest BCUT2D eigenvalue weighted by Gasteiger charge is 2.14. The van der Waals surface area contributed by atoms with Crippen molar-refractivity contribution in [3.63, 3.8) is 0 Å². The predicted octanol–water partition coefficient (Wildman–Crippen LogP) is 4.58. The number of hydrogen-bond acceptors (Lipinski definition) is 2. The number of phenols is 1. The zero-order chi connectivity index (χ0) is 14.4. The highest BCUT2D eigenvalue weighted by Crippen LogP contribution is 2.24. The summed E-state index contributed by atoms with van der Waals surface area (Å²) >= 11 is 0. The summed E-state index contributed by atoms with van der Waals surface area (Å²) in [5, 5.41) is 13.1. The number of hydrogen-bond donors (Lipinski definition) is 2. The number of benzene rings is 2. The second-order valence-electron chi connectivity index (χ2n) is 5.23. The van der Waals surface area contributed by atoms with Gasteiger partial charge >= 0.3 is 0 Å². The molecule has 0 amide bonds. The van der Waals surface area contributed by atoms with Crippen molar-refractivity contribution in [2.75, 3.05) is 0 Å². The summed E-state index contributed by atoms with van der Waals surface area (Å²) in [7, 11) is 0. The normalized spacial score (nSPS) is 13.9. The van der Waals surface area contributed by atoms with Crippen LogP contribution in [0.2, 0.25) is 0 Å². The number of rotatable bonds is 6. The molecule has 2 aromatic carbocycles. The molecule has 0 spiro atoms. The van der Waals surface area contributed by atoms with Gasteiger partial charge in [-0.2, -0.15) is 0 Å². The number of phenolic OH excluding ortho intramolecular Hbond substituents is 1. The average molecular weight is 269 g/mol. The van der Waals surface area contributed by atoms with E-state index < -0.39 is 0 Å². The smallest absolute Gasteiger partial charge is 0.115 e. The summed E-state index contributed by atoms with van der Waals surface area (Å²) in [6.07, 6.45) is 2.27. The Kier molecular flexibility index (Phi) is 5.19. The van der Waals surface area contributed by atoms with E-state index in [0.717, 1.165) is 12.8 Å². The average Bonchev–Trinajstić information content (AvgIpc) is 2.48. The first-order valence-electron chi connectivity index (χ1n) is 7.30. The van der Waals surface area contributed by atoms with Gasteiger partial charge in [0.2, 0.25) is 0 Å². The van der Waals surface area contributed by atoms with Crippen LogP contribution in [-0.2, 0) is 0 Å². The van der Waals surface area contributed by atoms with Gasteiger partial charge in [0.25, 0.3) is 0 Å². The van der Waals surface area contributed by atoms with Crippen LogP contribution in [0.15, 0.2) is 54.6 Å². The molecule has 106 valence electrons. The van der Waals surface area contributed by atoms with Gasteiger partial charge < -0.3 is 10.4 Å². The van der Waals surface area contributed by atoms with E-state index in [2.05, 4.69) is 49.5 Å². The first-order valence-corrected chi connectivity index (χ1v) is 7.30. The van der Waals surface area contributed by atoms with Crippen LogP contribution < -0.4 is 5.32 Å². The van der Waals surface area contributed by atoms with Crippen molar-refractivity contribution in [3.8, 4) is 5.75 Å². The molecule has 0 saturated carbocycles. The molecule has 0 saturated heterocycles. The zero-order valence-corrected chi connectivity index (χ0v) is 12.2. The fraction of sp³-hybridized carbons (Fsp3) is 0.333. The van der Waals surface area contributed by atoms with Crippen molar-refractivity contribution in [2.24, 2.45) is 0 Å². The molecular weight excluding hydrogens is 246 g/mol. The van der Waals surface area contributed by atoms with Crippen LogP contribution in [0.1, 0.15) is 49.9 Å². The largest absolute Gasteiger partial charge is 0.508 e. The van der Waals surface area contributed by atoms with Gasteiger partial charge in [-0.05, 0) is 36.6 Å². The van der Waals surface area contributed by atoms with Crippen molar-refractivity contribution in [2.45, 2.75) is 38.8 Å². The molecule has 2 atom stereocenters. The summed E-state index contributed by atoms with van der Waals surface area (Å²) in [4.78, 5) is 0. The molecule has 0 aliphatic heterocycles. The van der Waals surface area contributed by atoms with E-state index >= 15 is 0 Å². The van der Waals surface area contributed by atoms with Crippen molar-refractivity contribution >= 4 is 0 Å². The first kappa shape index (κ1) is 14.6. The topological polar surface area (TPSA) is 32.3 Å². The molecule has 0 heterocycles. The van der Waals surface area contributed by atoms with Gasteiger partial charge in [0.15, 0.2) is 0 Å². The molecule has 0 bridgehead atoms. The van der Waals surface area contributed by atoms with Crippen LogP contribution in [0.25, 0.3) is 0 Å². The minimum absolute atomic E-state index is 0.257. The predicted molar refractivity (Wildman–Crippen MR) is 83.7 cm³/mol. The summed E-state index contributed by atoms with van der Waals surface area (Å²) in [5.74, 6) is 0.314. The molecule has 0 aliphatic rings. The van der Waals surface area contributed by atoms with Gasteiger partial charge in [-0.3, -0.25) is 0 Å². The Bertz CT molecular complexity index is 507. The highest BCUT2D eigenvalue weighted by molar-refractivity contribution is 5.28. The maximum atomic E-state index is 9.36. The van der Waals surface area contributed by atoms with Crippen molar-refractivity contribution < 1.29 is 5.11 Å². The first-order chi connectivity index (χ1) is 9.70. The molecule has 2 N–H and O–H groups in total. The third kappa shape index (κ3) is 3.84. The van der Waals surface area contributed by atoms with Crippen LogP contribution in [0.3, 0.4) is 0 Å². The molecule has 0 fully saturated rings.